The first-order valence-corrected chi connectivity index (χ1v) is 6.73. The molecule has 0 saturated heterocycles. The first kappa shape index (κ1) is 12.6. The molecule has 0 fully saturated rings. The zero-order chi connectivity index (χ0) is 12.4. The molecule has 0 radical (unpaired) electrons. The van der Waals surface area contributed by atoms with Crippen molar-refractivity contribution >= 4 is 27.7 Å². The van der Waals surface area contributed by atoms with Crippen LogP contribution in [0.1, 0.15) is 11.1 Å². The van der Waals surface area contributed by atoms with Gasteiger partial charge in [0.1, 0.15) is 5.03 Å². The molecule has 1 aromatic heterocycles. The van der Waals surface area contributed by atoms with Crippen molar-refractivity contribution in [1.29, 1.82) is 0 Å². The Kier molecular flexibility index (Phi) is 3.84. The van der Waals surface area contributed by atoms with Gasteiger partial charge in [-0.2, -0.15) is 0 Å². The van der Waals surface area contributed by atoms with E-state index in [2.05, 4.69) is 27.8 Å². The van der Waals surface area contributed by atoms with Crippen molar-refractivity contribution in [3.63, 3.8) is 0 Å². The van der Waals surface area contributed by atoms with E-state index in [0.717, 1.165) is 4.90 Å². The van der Waals surface area contributed by atoms with Gasteiger partial charge < -0.3 is 0 Å². The molecule has 0 amide bonds. The Morgan fingerprint density at radius 3 is 2.59 bits per heavy atom. The van der Waals surface area contributed by atoms with Gasteiger partial charge in [-0.1, -0.05) is 17.8 Å². The van der Waals surface area contributed by atoms with Crippen LogP contribution in [0.4, 0.5) is 4.39 Å². The summed E-state index contributed by atoms with van der Waals surface area (Å²) < 4.78 is 14.3. The topological polar surface area (TPSA) is 12.9 Å². The van der Waals surface area contributed by atoms with Crippen molar-refractivity contribution in [3.05, 3.63) is 51.9 Å². The van der Waals surface area contributed by atoms with Gasteiger partial charge >= 0.3 is 0 Å². The van der Waals surface area contributed by atoms with Crippen LogP contribution in [0, 0.1) is 19.7 Å². The highest BCUT2D eigenvalue weighted by molar-refractivity contribution is 9.10. The molecule has 0 aliphatic rings. The molecule has 4 heteroatoms. The van der Waals surface area contributed by atoms with Crippen molar-refractivity contribution < 1.29 is 4.39 Å². The molecule has 0 aliphatic carbocycles. The van der Waals surface area contributed by atoms with E-state index in [1.54, 1.807) is 6.20 Å². The molecule has 88 valence electrons. The molecule has 1 nitrogen and oxygen atoms in total. The van der Waals surface area contributed by atoms with Gasteiger partial charge in [-0.3, -0.25) is 0 Å². The van der Waals surface area contributed by atoms with Crippen LogP contribution in [0.25, 0.3) is 0 Å². The Morgan fingerprint density at radius 1 is 1.18 bits per heavy atom. The zero-order valence-corrected chi connectivity index (χ0v) is 11.9. The summed E-state index contributed by atoms with van der Waals surface area (Å²) in [6.45, 7) is 4.10. The maximum atomic E-state index is 13.6. The SMILES string of the molecule is Cc1ccc(Sc2ncc(Br)cc2F)cc1C. The fourth-order valence-corrected chi connectivity index (χ4v) is 2.53. The van der Waals surface area contributed by atoms with E-state index < -0.39 is 0 Å². The van der Waals surface area contributed by atoms with Gasteiger partial charge in [0.2, 0.25) is 0 Å². The molecule has 0 N–H and O–H groups in total. The van der Waals surface area contributed by atoms with Crippen molar-refractivity contribution in [2.75, 3.05) is 0 Å². The van der Waals surface area contributed by atoms with Gasteiger partial charge in [0, 0.05) is 15.6 Å². The molecule has 0 saturated carbocycles. The summed E-state index contributed by atoms with van der Waals surface area (Å²) in [5.74, 6) is -0.303. The predicted octanol–water partition coefficient (Wildman–Crippen LogP) is 4.75. The average Bonchev–Trinajstić information content (AvgIpc) is 2.27. The fourth-order valence-electron chi connectivity index (χ4n) is 1.37. The van der Waals surface area contributed by atoms with Gasteiger partial charge in [-0.25, -0.2) is 9.37 Å². The summed E-state index contributed by atoms with van der Waals surface area (Å²) in [6, 6.07) is 7.49. The van der Waals surface area contributed by atoms with Crippen molar-refractivity contribution in [1.82, 2.24) is 4.98 Å². The monoisotopic (exact) mass is 311 g/mol. The highest BCUT2D eigenvalue weighted by Gasteiger charge is 2.07. The number of aryl methyl sites for hydroxylation is 2. The lowest BCUT2D eigenvalue weighted by Gasteiger charge is -2.05. The van der Waals surface area contributed by atoms with Gasteiger partial charge in [0.15, 0.2) is 5.82 Å². The fraction of sp³-hybridized carbons (Fsp3) is 0.154. The summed E-state index contributed by atoms with van der Waals surface area (Å²) in [4.78, 5) is 5.07. The lowest BCUT2D eigenvalue weighted by Crippen LogP contribution is -1.87. The molecule has 0 aliphatic heterocycles. The van der Waals surface area contributed by atoms with Crippen molar-refractivity contribution in [3.8, 4) is 0 Å². The number of nitrogens with zero attached hydrogens (tertiary/aromatic N) is 1. The summed E-state index contributed by atoms with van der Waals surface area (Å²) >= 11 is 4.53. The second-order valence-corrected chi connectivity index (χ2v) is 5.77. The van der Waals surface area contributed by atoms with Crippen LogP contribution < -0.4 is 0 Å². The lowest BCUT2D eigenvalue weighted by atomic mass is 10.1. The third kappa shape index (κ3) is 3.07. The molecule has 17 heavy (non-hydrogen) atoms. The minimum atomic E-state index is -0.303. The van der Waals surface area contributed by atoms with E-state index in [1.807, 2.05) is 25.1 Å². The molecule has 0 spiro atoms. The van der Waals surface area contributed by atoms with Crippen LogP contribution in [0.3, 0.4) is 0 Å². The second kappa shape index (κ2) is 5.19. The molecule has 1 aromatic carbocycles. The van der Waals surface area contributed by atoms with E-state index >= 15 is 0 Å². The second-order valence-electron chi connectivity index (χ2n) is 3.79. The smallest absolute Gasteiger partial charge is 0.156 e. The number of rotatable bonds is 2. The molecule has 0 unspecified atom stereocenters. The Hall–Kier alpha value is -0.870. The largest absolute Gasteiger partial charge is 0.245 e. The maximum Gasteiger partial charge on any atom is 0.156 e. The number of aromatic nitrogens is 1. The van der Waals surface area contributed by atoms with Gasteiger partial charge in [0.25, 0.3) is 0 Å². The van der Waals surface area contributed by atoms with Gasteiger partial charge in [-0.15, -0.1) is 0 Å². The van der Waals surface area contributed by atoms with Crippen LogP contribution in [-0.4, -0.2) is 4.98 Å². The molecule has 2 rings (SSSR count). The Morgan fingerprint density at radius 2 is 1.94 bits per heavy atom. The third-order valence-corrected chi connectivity index (χ3v) is 3.88. The summed E-state index contributed by atoms with van der Waals surface area (Å²) in [5.41, 5.74) is 2.44. The highest BCUT2D eigenvalue weighted by Crippen LogP contribution is 2.30. The Balaban J connectivity index is 2.28. The number of halogens is 2. The van der Waals surface area contributed by atoms with E-state index in [9.17, 15) is 4.39 Å². The molecular weight excluding hydrogens is 301 g/mol. The van der Waals surface area contributed by atoms with Gasteiger partial charge in [0.05, 0.1) is 0 Å². The highest BCUT2D eigenvalue weighted by atomic mass is 79.9. The Labute approximate surface area is 113 Å². The van der Waals surface area contributed by atoms with Crippen molar-refractivity contribution in [2.45, 2.75) is 23.8 Å². The summed E-state index contributed by atoms with van der Waals surface area (Å²) in [7, 11) is 0. The first-order chi connectivity index (χ1) is 8.06. The number of pyridine rings is 1. The molecule has 0 atom stereocenters. The summed E-state index contributed by atoms with van der Waals surface area (Å²) in [5, 5.41) is 0.399. The zero-order valence-electron chi connectivity index (χ0n) is 9.50. The predicted molar refractivity (Wildman–Crippen MR) is 71.9 cm³/mol. The quantitative estimate of drug-likeness (QED) is 0.793. The molecule has 2 aromatic rings. The first-order valence-electron chi connectivity index (χ1n) is 5.12. The van der Waals surface area contributed by atoms with Gasteiger partial charge in [-0.05, 0) is 59.1 Å². The standard InChI is InChI=1S/C13H11BrFNS/c1-8-3-4-11(5-9(8)2)17-13-12(15)6-10(14)7-16-13/h3-7H,1-2H3. The van der Waals surface area contributed by atoms with E-state index in [4.69, 9.17) is 0 Å². The minimum Gasteiger partial charge on any atom is -0.245 e. The lowest BCUT2D eigenvalue weighted by molar-refractivity contribution is 0.586. The summed E-state index contributed by atoms with van der Waals surface area (Å²) in [6.07, 6.45) is 1.60. The molecule has 0 bridgehead atoms. The number of hydrogen-bond acceptors (Lipinski definition) is 2. The van der Waals surface area contributed by atoms with Crippen LogP contribution in [0.15, 0.2) is 44.9 Å². The molecular formula is C13H11BrFNS. The average molecular weight is 312 g/mol. The number of hydrogen-bond donors (Lipinski definition) is 0. The normalized spacial score (nSPS) is 10.6. The van der Waals surface area contributed by atoms with E-state index in [1.165, 1.54) is 29.0 Å². The van der Waals surface area contributed by atoms with E-state index in [0.29, 0.717) is 9.50 Å². The Bertz CT molecular complexity index is 557. The number of benzene rings is 1. The van der Waals surface area contributed by atoms with Crippen LogP contribution >= 0.6 is 27.7 Å². The van der Waals surface area contributed by atoms with Crippen LogP contribution in [0.2, 0.25) is 0 Å². The van der Waals surface area contributed by atoms with E-state index in [-0.39, 0.29) is 5.82 Å². The van der Waals surface area contributed by atoms with Crippen LogP contribution in [-0.2, 0) is 0 Å². The third-order valence-electron chi connectivity index (χ3n) is 2.47. The van der Waals surface area contributed by atoms with Crippen molar-refractivity contribution in [2.24, 2.45) is 0 Å². The minimum absolute atomic E-state index is 0.303. The maximum absolute atomic E-state index is 13.6. The van der Waals surface area contributed by atoms with Crippen LogP contribution in [0.5, 0.6) is 0 Å². The molecule has 1 heterocycles.